The number of aryl methyl sites for hydroxylation is 1. The van der Waals surface area contributed by atoms with Crippen LogP contribution >= 0.6 is 0 Å². The molecular weight excluding hydrogens is 129 g/mol. The summed E-state index contributed by atoms with van der Waals surface area (Å²) in [6.45, 7) is 2.01. The van der Waals surface area contributed by atoms with Gasteiger partial charge in [-0.05, 0) is 18.6 Å². The van der Waals surface area contributed by atoms with Crippen molar-refractivity contribution in [3.8, 4) is 0 Å². The Hall–Kier alpha value is -0.920. The molecule has 0 saturated heterocycles. The summed E-state index contributed by atoms with van der Waals surface area (Å²) in [5, 5.41) is 0. The van der Waals surface area contributed by atoms with Gasteiger partial charge in [-0.1, -0.05) is 13.3 Å². The number of halogens is 1. The van der Waals surface area contributed by atoms with Gasteiger partial charge in [0.1, 0.15) is 5.82 Å². The zero-order valence-corrected chi connectivity index (χ0v) is 5.97. The van der Waals surface area contributed by atoms with E-state index in [0.717, 1.165) is 12.8 Å². The summed E-state index contributed by atoms with van der Waals surface area (Å²) >= 11 is 0. The van der Waals surface area contributed by atoms with Gasteiger partial charge in [0.25, 0.3) is 0 Å². The zero-order chi connectivity index (χ0) is 7.40. The summed E-state index contributed by atoms with van der Waals surface area (Å²) in [5.74, 6) is -0.190. The Labute approximate surface area is 59.9 Å². The van der Waals surface area contributed by atoms with E-state index in [-0.39, 0.29) is 5.82 Å². The quantitative estimate of drug-likeness (QED) is 0.612. The smallest absolute Gasteiger partial charge is 0.144 e. The highest BCUT2D eigenvalue weighted by molar-refractivity contribution is 5.06. The van der Waals surface area contributed by atoms with Crippen LogP contribution in [0.1, 0.15) is 19.0 Å². The van der Waals surface area contributed by atoms with Gasteiger partial charge in [0.05, 0.1) is 5.69 Å². The first kappa shape index (κ1) is 7.19. The number of hydrogen-bond acceptors (Lipinski definition) is 1. The van der Waals surface area contributed by atoms with Crippen molar-refractivity contribution >= 4 is 0 Å². The third-order valence-corrected chi connectivity index (χ3v) is 1.32. The van der Waals surface area contributed by atoms with Crippen LogP contribution in [0.2, 0.25) is 0 Å². The summed E-state index contributed by atoms with van der Waals surface area (Å²) in [7, 11) is 0. The molecule has 0 amide bonds. The lowest BCUT2D eigenvalue weighted by molar-refractivity contribution is 0.596. The molecule has 0 bridgehead atoms. The second kappa shape index (κ2) is 3.30. The summed E-state index contributed by atoms with van der Waals surface area (Å²) in [4.78, 5) is 3.89. The van der Waals surface area contributed by atoms with Gasteiger partial charge in [0, 0.05) is 6.20 Å². The predicted molar refractivity (Wildman–Crippen MR) is 38.2 cm³/mol. The van der Waals surface area contributed by atoms with E-state index in [0.29, 0.717) is 5.69 Å². The van der Waals surface area contributed by atoms with Crippen molar-refractivity contribution in [3.05, 3.63) is 29.8 Å². The fourth-order valence-electron chi connectivity index (χ4n) is 0.839. The van der Waals surface area contributed by atoms with E-state index in [1.165, 1.54) is 6.07 Å². The molecular formula is C8H10FN. The molecule has 54 valence electrons. The van der Waals surface area contributed by atoms with Gasteiger partial charge in [-0.3, -0.25) is 4.98 Å². The molecule has 2 heteroatoms. The number of aromatic nitrogens is 1. The van der Waals surface area contributed by atoms with Crippen molar-refractivity contribution in [2.75, 3.05) is 0 Å². The fraction of sp³-hybridized carbons (Fsp3) is 0.375. The van der Waals surface area contributed by atoms with Crippen molar-refractivity contribution in [1.82, 2.24) is 4.98 Å². The molecule has 1 rings (SSSR count). The summed E-state index contributed by atoms with van der Waals surface area (Å²) in [5.41, 5.74) is 0.574. The van der Waals surface area contributed by atoms with Gasteiger partial charge in [-0.15, -0.1) is 0 Å². The highest BCUT2D eigenvalue weighted by Gasteiger charge is 1.98. The van der Waals surface area contributed by atoms with E-state index >= 15 is 0 Å². The maximum Gasteiger partial charge on any atom is 0.144 e. The maximum absolute atomic E-state index is 12.7. The topological polar surface area (TPSA) is 12.9 Å². The minimum absolute atomic E-state index is 0.190. The molecule has 0 unspecified atom stereocenters. The SMILES string of the molecule is CCCc1ncccc1F. The van der Waals surface area contributed by atoms with Crippen molar-refractivity contribution in [3.63, 3.8) is 0 Å². The largest absolute Gasteiger partial charge is 0.258 e. The molecule has 0 atom stereocenters. The molecule has 0 spiro atoms. The van der Waals surface area contributed by atoms with Gasteiger partial charge in [0.2, 0.25) is 0 Å². The minimum atomic E-state index is -0.190. The molecule has 0 saturated carbocycles. The summed E-state index contributed by atoms with van der Waals surface area (Å²) in [6, 6.07) is 3.05. The molecule has 1 heterocycles. The average molecular weight is 139 g/mol. The Morgan fingerprint density at radius 1 is 1.60 bits per heavy atom. The molecule has 0 aliphatic carbocycles. The molecule has 0 radical (unpaired) electrons. The van der Waals surface area contributed by atoms with Crippen LogP contribution in [0.15, 0.2) is 18.3 Å². The van der Waals surface area contributed by atoms with Crippen LogP contribution in [0.5, 0.6) is 0 Å². The van der Waals surface area contributed by atoms with Crippen LogP contribution in [-0.4, -0.2) is 4.98 Å². The van der Waals surface area contributed by atoms with E-state index in [1.54, 1.807) is 12.3 Å². The Balaban J connectivity index is 2.81. The van der Waals surface area contributed by atoms with Crippen LogP contribution in [0.3, 0.4) is 0 Å². The van der Waals surface area contributed by atoms with E-state index in [1.807, 2.05) is 6.92 Å². The fourth-order valence-corrected chi connectivity index (χ4v) is 0.839. The monoisotopic (exact) mass is 139 g/mol. The lowest BCUT2D eigenvalue weighted by Gasteiger charge is -1.96. The summed E-state index contributed by atoms with van der Waals surface area (Å²) in [6.07, 6.45) is 3.29. The van der Waals surface area contributed by atoms with E-state index in [4.69, 9.17) is 0 Å². The van der Waals surface area contributed by atoms with Crippen LogP contribution in [0.25, 0.3) is 0 Å². The zero-order valence-electron chi connectivity index (χ0n) is 5.97. The molecule has 1 aromatic heterocycles. The second-order valence-corrected chi connectivity index (χ2v) is 2.18. The standard InChI is InChI=1S/C8H10FN/c1-2-4-8-7(9)5-3-6-10-8/h3,5-6H,2,4H2,1H3. The first-order chi connectivity index (χ1) is 4.84. The molecule has 10 heavy (non-hydrogen) atoms. The number of hydrogen-bond donors (Lipinski definition) is 0. The van der Waals surface area contributed by atoms with Crippen LogP contribution in [0.4, 0.5) is 4.39 Å². The molecule has 1 nitrogen and oxygen atoms in total. The second-order valence-electron chi connectivity index (χ2n) is 2.18. The number of pyridine rings is 1. The van der Waals surface area contributed by atoms with Gasteiger partial charge in [-0.2, -0.15) is 0 Å². The summed E-state index contributed by atoms with van der Waals surface area (Å²) < 4.78 is 12.7. The molecule has 0 aromatic carbocycles. The van der Waals surface area contributed by atoms with E-state index < -0.39 is 0 Å². The number of rotatable bonds is 2. The lowest BCUT2D eigenvalue weighted by atomic mass is 10.2. The van der Waals surface area contributed by atoms with Crippen molar-refractivity contribution in [2.24, 2.45) is 0 Å². The van der Waals surface area contributed by atoms with Crippen LogP contribution < -0.4 is 0 Å². The lowest BCUT2D eigenvalue weighted by Crippen LogP contribution is -1.92. The van der Waals surface area contributed by atoms with Gasteiger partial charge >= 0.3 is 0 Å². The highest BCUT2D eigenvalue weighted by atomic mass is 19.1. The molecule has 0 aliphatic heterocycles. The van der Waals surface area contributed by atoms with Crippen molar-refractivity contribution in [2.45, 2.75) is 19.8 Å². The van der Waals surface area contributed by atoms with Crippen molar-refractivity contribution < 1.29 is 4.39 Å². The van der Waals surface area contributed by atoms with E-state index in [2.05, 4.69) is 4.98 Å². The molecule has 0 aliphatic rings. The van der Waals surface area contributed by atoms with Crippen LogP contribution in [0, 0.1) is 5.82 Å². The van der Waals surface area contributed by atoms with Crippen LogP contribution in [-0.2, 0) is 6.42 Å². The Morgan fingerprint density at radius 3 is 3.00 bits per heavy atom. The van der Waals surface area contributed by atoms with Gasteiger partial charge in [0.15, 0.2) is 0 Å². The van der Waals surface area contributed by atoms with Crippen molar-refractivity contribution in [1.29, 1.82) is 0 Å². The van der Waals surface area contributed by atoms with E-state index in [9.17, 15) is 4.39 Å². The average Bonchev–Trinajstić information content (AvgIpc) is 1.94. The van der Waals surface area contributed by atoms with Gasteiger partial charge < -0.3 is 0 Å². The maximum atomic E-state index is 12.7. The Morgan fingerprint density at radius 2 is 2.40 bits per heavy atom. The third kappa shape index (κ3) is 1.53. The molecule has 0 N–H and O–H groups in total. The highest BCUT2D eigenvalue weighted by Crippen LogP contribution is 2.04. The number of nitrogens with zero attached hydrogens (tertiary/aromatic N) is 1. The molecule has 1 aromatic rings. The third-order valence-electron chi connectivity index (χ3n) is 1.32. The minimum Gasteiger partial charge on any atom is -0.258 e. The Kier molecular flexibility index (Phi) is 2.37. The Bertz CT molecular complexity index is 210. The first-order valence-corrected chi connectivity index (χ1v) is 3.44. The normalized spacial score (nSPS) is 9.80. The van der Waals surface area contributed by atoms with Gasteiger partial charge in [-0.25, -0.2) is 4.39 Å². The predicted octanol–water partition coefficient (Wildman–Crippen LogP) is 2.17. The first-order valence-electron chi connectivity index (χ1n) is 3.44. The molecule has 0 fully saturated rings.